The third-order valence-corrected chi connectivity index (χ3v) is 6.86. The minimum absolute atomic E-state index is 0.230. The van der Waals surface area contributed by atoms with E-state index in [9.17, 15) is 4.79 Å². The number of nitrogens with one attached hydrogen (secondary N) is 1. The number of thiocarbonyl (C=S) groups is 1. The van der Waals surface area contributed by atoms with Gasteiger partial charge in [0, 0.05) is 18.0 Å². The van der Waals surface area contributed by atoms with Gasteiger partial charge in [0.15, 0.2) is 5.11 Å². The average Bonchev–Trinajstić information content (AvgIpc) is 3.05. The highest BCUT2D eigenvalue weighted by molar-refractivity contribution is 7.80. The van der Waals surface area contributed by atoms with Gasteiger partial charge < -0.3 is 15.0 Å². The Morgan fingerprint density at radius 1 is 1.22 bits per heavy atom. The summed E-state index contributed by atoms with van der Waals surface area (Å²) < 4.78 is 5.34. The van der Waals surface area contributed by atoms with E-state index in [4.69, 9.17) is 17.0 Å². The van der Waals surface area contributed by atoms with E-state index in [1.54, 1.807) is 11.3 Å². The van der Waals surface area contributed by atoms with Crippen molar-refractivity contribution in [3.8, 4) is 0 Å². The molecule has 0 saturated heterocycles. The fourth-order valence-corrected chi connectivity index (χ4v) is 5.52. The predicted molar refractivity (Wildman–Crippen MR) is 114 cm³/mol. The van der Waals surface area contributed by atoms with Gasteiger partial charge in [-0.15, -0.1) is 11.3 Å². The number of fused-ring (bicyclic) bond motifs is 2. The largest absolute Gasteiger partial charge is 0.462 e. The molecule has 0 amide bonds. The Labute approximate surface area is 169 Å². The lowest BCUT2D eigenvalue weighted by Crippen LogP contribution is -2.38. The van der Waals surface area contributed by atoms with Crippen molar-refractivity contribution < 1.29 is 9.53 Å². The smallest absolute Gasteiger partial charge is 0.341 e. The molecular formula is C21H24N2O2S2. The first-order chi connectivity index (χ1) is 13.2. The third-order valence-electron chi connectivity index (χ3n) is 5.29. The van der Waals surface area contributed by atoms with E-state index in [-0.39, 0.29) is 5.97 Å². The fourth-order valence-electron chi connectivity index (χ4n) is 3.92. The molecule has 142 valence electrons. The lowest BCUT2D eigenvalue weighted by Gasteiger charge is -2.31. The molecule has 2 heterocycles. The molecule has 1 aliphatic carbocycles. The van der Waals surface area contributed by atoms with Crippen molar-refractivity contribution in [2.24, 2.45) is 0 Å². The highest BCUT2D eigenvalue weighted by Crippen LogP contribution is 2.39. The summed E-state index contributed by atoms with van der Waals surface area (Å²) in [4.78, 5) is 16.1. The van der Waals surface area contributed by atoms with E-state index in [1.807, 2.05) is 6.92 Å². The minimum Gasteiger partial charge on any atom is -0.462 e. The van der Waals surface area contributed by atoms with Crippen LogP contribution in [0.25, 0.3) is 0 Å². The summed E-state index contributed by atoms with van der Waals surface area (Å²) in [5, 5.41) is 4.92. The Hall–Kier alpha value is -1.92. The number of ether oxygens (including phenoxy) is 1. The minimum atomic E-state index is -0.230. The van der Waals surface area contributed by atoms with E-state index in [0.717, 1.165) is 43.8 Å². The lowest BCUT2D eigenvalue weighted by atomic mass is 9.95. The topological polar surface area (TPSA) is 41.6 Å². The van der Waals surface area contributed by atoms with E-state index >= 15 is 0 Å². The molecule has 0 fully saturated rings. The van der Waals surface area contributed by atoms with Crippen molar-refractivity contribution >= 4 is 39.6 Å². The summed E-state index contributed by atoms with van der Waals surface area (Å²) in [5.41, 5.74) is 4.59. The highest BCUT2D eigenvalue weighted by atomic mass is 32.1. The van der Waals surface area contributed by atoms with Crippen molar-refractivity contribution in [1.82, 2.24) is 4.90 Å². The number of hydrogen-bond donors (Lipinski definition) is 1. The zero-order valence-electron chi connectivity index (χ0n) is 15.5. The number of rotatable bonds is 3. The monoisotopic (exact) mass is 400 g/mol. The van der Waals surface area contributed by atoms with Crippen LogP contribution in [0.1, 0.15) is 51.7 Å². The number of esters is 1. The summed E-state index contributed by atoms with van der Waals surface area (Å²) in [5.74, 6) is -0.230. The zero-order valence-corrected chi connectivity index (χ0v) is 17.2. The maximum absolute atomic E-state index is 12.6. The molecule has 0 radical (unpaired) electrons. The molecule has 0 spiro atoms. The molecule has 4 rings (SSSR count). The number of nitrogens with zero attached hydrogens (tertiary/aromatic N) is 1. The Morgan fingerprint density at radius 3 is 2.81 bits per heavy atom. The van der Waals surface area contributed by atoms with Crippen LogP contribution in [0.15, 0.2) is 24.3 Å². The van der Waals surface area contributed by atoms with Gasteiger partial charge in [0.2, 0.25) is 0 Å². The Morgan fingerprint density at radius 2 is 2.00 bits per heavy atom. The number of benzene rings is 1. The number of carbonyl (C=O) groups excluding carboxylic acids is 1. The molecule has 2 aliphatic rings. The lowest BCUT2D eigenvalue weighted by molar-refractivity contribution is 0.0526. The van der Waals surface area contributed by atoms with Crippen LogP contribution >= 0.6 is 23.6 Å². The van der Waals surface area contributed by atoms with Crippen LogP contribution in [0.2, 0.25) is 0 Å². The third kappa shape index (κ3) is 3.73. The normalized spacial score (nSPS) is 15.7. The average molecular weight is 401 g/mol. The molecule has 1 aromatic carbocycles. The van der Waals surface area contributed by atoms with Gasteiger partial charge in [-0.1, -0.05) is 24.3 Å². The van der Waals surface area contributed by atoms with Gasteiger partial charge in [-0.3, -0.25) is 0 Å². The molecule has 2 aromatic rings. The number of anilines is 1. The van der Waals surface area contributed by atoms with Crippen molar-refractivity contribution in [2.45, 2.75) is 45.6 Å². The number of aryl methyl sites for hydroxylation is 1. The maximum Gasteiger partial charge on any atom is 0.341 e. The Bertz CT molecular complexity index is 875. The van der Waals surface area contributed by atoms with Gasteiger partial charge >= 0.3 is 5.97 Å². The zero-order chi connectivity index (χ0) is 18.8. The van der Waals surface area contributed by atoms with Crippen molar-refractivity contribution in [2.75, 3.05) is 18.5 Å². The first-order valence-corrected chi connectivity index (χ1v) is 10.8. The molecule has 0 atom stereocenters. The number of carbonyl (C=O) groups is 1. The summed E-state index contributed by atoms with van der Waals surface area (Å²) in [6.45, 7) is 3.93. The second kappa shape index (κ2) is 7.98. The summed E-state index contributed by atoms with van der Waals surface area (Å²) in [6, 6.07) is 8.52. The predicted octanol–water partition coefficient (Wildman–Crippen LogP) is 4.56. The van der Waals surface area contributed by atoms with Crippen molar-refractivity contribution in [3.05, 3.63) is 51.4 Å². The molecule has 4 nitrogen and oxygen atoms in total. The SMILES string of the molecule is CCOC(=O)c1c(NC(=S)N2CCc3ccccc3C2)sc2c1CCCC2. The van der Waals surface area contributed by atoms with Crippen LogP contribution in [0.5, 0.6) is 0 Å². The number of hydrogen-bond acceptors (Lipinski definition) is 4. The van der Waals surface area contributed by atoms with Gasteiger partial charge in [0.1, 0.15) is 5.00 Å². The van der Waals surface area contributed by atoms with Crippen LogP contribution in [0.3, 0.4) is 0 Å². The quantitative estimate of drug-likeness (QED) is 0.604. The van der Waals surface area contributed by atoms with Gasteiger partial charge in [-0.25, -0.2) is 4.79 Å². The van der Waals surface area contributed by atoms with Crippen LogP contribution in [-0.4, -0.2) is 29.1 Å². The van der Waals surface area contributed by atoms with Gasteiger partial charge in [0.05, 0.1) is 12.2 Å². The van der Waals surface area contributed by atoms with Crippen LogP contribution in [-0.2, 0) is 30.5 Å². The van der Waals surface area contributed by atoms with Crippen molar-refractivity contribution in [3.63, 3.8) is 0 Å². The number of thiophene rings is 1. The first-order valence-electron chi connectivity index (χ1n) is 9.61. The molecule has 6 heteroatoms. The fraction of sp³-hybridized carbons (Fsp3) is 0.429. The first kappa shape index (κ1) is 18.4. The Balaban J connectivity index is 1.56. The highest BCUT2D eigenvalue weighted by Gasteiger charge is 2.28. The van der Waals surface area contributed by atoms with Gasteiger partial charge in [-0.2, -0.15) is 0 Å². The second-order valence-corrected chi connectivity index (χ2v) is 8.50. The van der Waals surface area contributed by atoms with Gasteiger partial charge in [0.25, 0.3) is 0 Å². The van der Waals surface area contributed by atoms with Gasteiger partial charge in [-0.05, 0) is 67.9 Å². The van der Waals surface area contributed by atoms with E-state index in [2.05, 4.69) is 34.5 Å². The molecule has 0 saturated carbocycles. The maximum atomic E-state index is 12.6. The van der Waals surface area contributed by atoms with Crippen LogP contribution in [0.4, 0.5) is 5.00 Å². The van der Waals surface area contributed by atoms with Crippen molar-refractivity contribution in [1.29, 1.82) is 0 Å². The summed E-state index contributed by atoms with van der Waals surface area (Å²) in [7, 11) is 0. The van der Waals surface area contributed by atoms with Crippen LogP contribution < -0.4 is 5.32 Å². The second-order valence-electron chi connectivity index (χ2n) is 7.01. The molecule has 27 heavy (non-hydrogen) atoms. The molecule has 1 aromatic heterocycles. The Kier molecular flexibility index (Phi) is 5.45. The molecule has 0 unspecified atom stereocenters. The summed E-state index contributed by atoms with van der Waals surface area (Å²) in [6.07, 6.45) is 5.29. The van der Waals surface area contributed by atoms with E-state index < -0.39 is 0 Å². The molecule has 1 N–H and O–H groups in total. The van der Waals surface area contributed by atoms with E-state index in [1.165, 1.54) is 28.0 Å². The molecule has 0 bridgehead atoms. The standard InChI is InChI=1S/C21H24N2O2S2/c1-2-25-20(24)18-16-9-5-6-10-17(16)27-19(18)22-21(26)23-12-11-14-7-3-4-8-15(14)13-23/h3-4,7-8H,2,5-6,9-13H2,1H3,(H,22,26). The van der Waals surface area contributed by atoms with E-state index in [0.29, 0.717) is 17.3 Å². The summed E-state index contributed by atoms with van der Waals surface area (Å²) >= 11 is 7.37. The molecule has 1 aliphatic heterocycles. The van der Waals surface area contributed by atoms with Crippen LogP contribution in [0, 0.1) is 0 Å². The molecular weight excluding hydrogens is 376 g/mol.